The molecular formula is C13H14N2O2S. The van der Waals surface area contributed by atoms with Gasteiger partial charge in [-0.15, -0.1) is 12.6 Å². The Kier molecular flexibility index (Phi) is 3.72. The van der Waals surface area contributed by atoms with E-state index < -0.39 is 0 Å². The second-order valence-corrected chi connectivity index (χ2v) is 4.57. The number of amides is 1. The van der Waals surface area contributed by atoms with Gasteiger partial charge in [0.25, 0.3) is 5.91 Å². The molecule has 94 valence electrons. The quantitative estimate of drug-likeness (QED) is 0.836. The first-order chi connectivity index (χ1) is 8.56. The Morgan fingerprint density at radius 2 is 2.06 bits per heavy atom. The number of nitrogens with zero attached hydrogens (tertiary/aromatic N) is 1. The molecule has 18 heavy (non-hydrogen) atoms. The molecule has 1 unspecified atom stereocenters. The second-order valence-electron chi connectivity index (χ2n) is 4.05. The molecule has 0 radical (unpaired) electrons. The van der Waals surface area contributed by atoms with Gasteiger partial charge in [0.15, 0.2) is 0 Å². The van der Waals surface area contributed by atoms with Crippen LogP contribution in [-0.2, 0) is 0 Å². The number of hydrogen-bond donors (Lipinski definition) is 2. The Morgan fingerprint density at radius 1 is 1.39 bits per heavy atom. The number of benzene rings is 1. The van der Waals surface area contributed by atoms with Gasteiger partial charge in [-0.1, -0.05) is 0 Å². The van der Waals surface area contributed by atoms with Crippen molar-refractivity contribution in [3.63, 3.8) is 0 Å². The van der Waals surface area contributed by atoms with Crippen LogP contribution < -0.4 is 5.32 Å². The highest BCUT2D eigenvalue weighted by atomic mass is 32.1. The number of aryl methyl sites for hydroxylation is 1. The SMILES string of the molecule is Cc1cnc(C(C)NC(=O)c2ccc(S)cc2)o1. The molecule has 1 N–H and O–H groups in total. The normalized spacial score (nSPS) is 12.2. The maximum atomic E-state index is 11.9. The number of nitrogens with one attached hydrogen (secondary N) is 1. The first-order valence-corrected chi connectivity index (χ1v) is 6.03. The van der Waals surface area contributed by atoms with Gasteiger partial charge in [0.05, 0.1) is 6.20 Å². The molecule has 0 spiro atoms. The van der Waals surface area contributed by atoms with Crippen molar-refractivity contribution in [2.24, 2.45) is 0 Å². The number of rotatable bonds is 3. The van der Waals surface area contributed by atoms with Crippen molar-refractivity contribution in [3.8, 4) is 0 Å². The lowest BCUT2D eigenvalue weighted by Gasteiger charge is -2.10. The molecule has 1 aromatic carbocycles. The summed E-state index contributed by atoms with van der Waals surface area (Å²) in [5, 5.41) is 2.83. The summed E-state index contributed by atoms with van der Waals surface area (Å²) in [5.41, 5.74) is 0.586. The van der Waals surface area contributed by atoms with Crippen LogP contribution in [0.4, 0.5) is 0 Å². The zero-order valence-corrected chi connectivity index (χ0v) is 11.1. The molecule has 4 nitrogen and oxygen atoms in total. The zero-order chi connectivity index (χ0) is 13.1. The van der Waals surface area contributed by atoms with Crippen LogP contribution in [0.2, 0.25) is 0 Å². The van der Waals surface area contributed by atoms with Gasteiger partial charge in [0.1, 0.15) is 11.8 Å². The largest absolute Gasteiger partial charge is 0.444 e. The number of hydrogen-bond acceptors (Lipinski definition) is 4. The van der Waals surface area contributed by atoms with E-state index in [0.29, 0.717) is 11.5 Å². The van der Waals surface area contributed by atoms with Gasteiger partial charge >= 0.3 is 0 Å². The number of oxazole rings is 1. The zero-order valence-electron chi connectivity index (χ0n) is 10.2. The van der Waals surface area contributed by atoms with E-state index in [9.17, 15) is 4.79 Å². The van der Waals surface area contributed by atoms with Gasteiger partial charge in [-0.25, -0.2) is 4.98 Å². The van der Waals surface area contributed by atoms with Crippen molar-refractivity contribution in [3.05, 3.63) is 47.7 Å². The fourth-order valence-electron chi connectivity index (χ4n) is 1.53. The van der Waals surface area contributed by atoms with E-state index in [1.54, 1.807) is 30.5 Å². The lowest BCUT2D eigenvalue weighted by molar-refractivity contribution is 0.0934. The molecular weight excluding hydrogens is 248 g/mol. The second kappa shape index (κ2) is 5.27. The molecule has 0 aliphatic rings. The molecule has 0 aliphatic heterocycles. The lowest BCUT2D eigenvalue weighted by Crippen LogP contribution is -2.26. The maximum absolute atomic E-state index is 11.9. The van der Waals surface area contributed by atoms with Gasteiger partial charge < -0.3 is 9.73 Å². The molecule has 5 heteroatoms. The molecule has 2 rings (SSSR count). The molecule has 1 amide bonds. The Bertz CT molecular complexity index is 548. The highest BCUT2D eigenvalue weighted by Gasteiger charge is 2.15. The van der Waals surface area contributed by atoms with Crippen molar-refractivity contribution in [2.75, 3.05) is 0 Å². The van der Waals surface area contributed by atoms with Crippen LogP contribution in [0.5, 0.6) is 0 Å². The highest BCUT2D eigenvalue weighted by molar-refractivity contribution is 7.80. The number of carbonyl (C=O) groups is 1. The van der Waals surface area contributed by atoms with Crippen LogP contribution in [0.3, 0.4) is 0 Å². The van der Waals surface area contributed by atoms with Crippen LogP contribution >= 0.6 is 12.6 Å². The highest BCUT2D eigenvalue weighted by Crippen LogP contribution is 2.13. The summed E-state index contributed by atoms with van der Waals surface area (Å²) in [5.74, 6) is 1.07. The lowest BCUT2D eigenvalue weighted by atomic mass is 10.2. The molecule has 1 aromatic heterocycles. The third kappa shape index (κ3) is 2.92. The Morgan fingerprint density at radius 3 is 2.61 bits per heavy atom. The van der Waals surface area contributed by atoms with Crippen molar-refractivity contribution in [1.82, 2.24) is 10.3 Å². The average molecular weight is 262 g/mol. The summed E-state index contributed by atoms with van der Waals surface area (Å²) in [6.07, 6.45) is 1.63. The van der Waals surface area contributed by atoms with Crippen molar-refractivity contribution in [1.29, 1.82) is 0 Å². The molecule has 0 bridgehead atoms. The average Bonchev–Trinajstić information content (AvgIpc) is 2.76. The minimum absolute atomic E-state index is 0.160. The first kappa shape index (κ1) is 12.7. The van der Waals surface area contributed by atoms with Crippen LogP contribution in [0, 0.1) is 6.92 Å². The third-order valence-electron chi connectivity index (χ3n) is 2.49. The van der Waals surface area contributed by atoms with Gasteiger partial charge in [0.2, 0.25) is 5.89 Å². The van der Waals surface area contributed by atoms with E-state index in [1.807, 2.05) is 13.8 Å². The number of thiol groups is 1. The molecule has 1 atom stereocenters. The standard InChI is InChI=1S/C13H14N2O2S/c1-8-7-14-13(17-8)9(2)15-12(16)10-3-5-11(18)6-4-10/h3-7,9,18H,1-2H3,(H,15,16). The fraction of sp³-hybridized carbons (Fsp3) is 0.231. The summed E-state index contributed by atoms with van der Waals surface area (Å²) >= 11 is 4.17. The van der Waals surface area contributed by atoms with Crippen molar-refractivity contribution in [2.45, 2.75) is 24.8 Å². The van der Waals surface area contributed by atoms with Gasteiger partial charge in [0, 0.05) is 10.5 Å². The molecule has 0 fully saturated rings. The fourth-order valence-corrected chi connectivity index (χ4v) is 1.68. The number of aromatic nitrogens is 1. The Hall–Kier alpha value is -1.75. The maximum Gasteiger partial charge on any atom is 0.251 e. The van der Waals surface area contributed by atoms with Crippen LogP contribution in [-0.4, -0.2) is 10.9 Å². The molecule has 0 saturated carbocycles. The van der Waals surface area contributed by atoms with E-state index in [4.69, 9.17) is 4.42 Å². The molecule has 2 aromatic rings. The monoisotopic (exact) mass is 262 g/mol. The van der Waals surface area contributed by atoms with Crippen molar-refractivity contribution < 1.29 is 9.21 Å². The van der Waals surface area contributed by atoms with E-state index in [1.165, 1.54) is 0 Å². The minimum atomic E-state index is -0.262. The van der Waals surface area contributed by atoms with E-state index in [0.717, 1.165) is 10.7 Å². The third-order valence-corrected chi connectivity index (χ3v) is 2.78. The Labute approximate surface area is 111 Å². The van der Waals surface area contributed by atoms with E-state index in [-0.39, 0.29) is 11.9 Å². The van der Waals surface area contributed by atoms with Gasteiger partial charge in [-0.3, -0.25) is 4.79 Å². The molecule has 0 aliphatic carbocycles. The smallest absolute Gasteiger partial charge is 0.251 e. The summed E-state index contributed by atoms with van der Waals surface area (Å²) < 4.78 is 5.36. The van der Waals surface area contributed by atoms with E-state index >= 15 is 0 Å². The van der Waals surface area contributed by atoms with E-state index in [2.05, 4.69) is 22.9 Å². The van der Waals surface area contributed by atoms with Crippen LogP contribution in [0.25, 0.3) is 0 Å². The predicted octanol–water partition coefficient (Wildman–Crippen LogP) is 2.76. The van der Waals surface area contributed by atoms with Gasteiger partial charge in [-0.05, 0) is 38.1 Å². The minimum Gasteiger partial charge on any atom is -0.444 e. The summed E-state index contributed by atoms with van der Waals surface area (Å²) in [4.78, 5) is 16.8. The predicted molar refractivity (Wildman–Crippen MR) is 70.8 cm³/mol. The summed E-state index contributed by atoms with van der Waals surface area (Å²) in [7, 11) is 0. The summed E-state index contributed by atoms with van der Waals surface area (Å²) in [6.45, 7) is 3.65. The first-order valence-electron chi connectivity index (χ1n) is 5.58. The molecule has 1 heterocycles. The Balaban J connectivity index is 2.05. The molecule has 0 saturated heterocycles. The number of carbonyl (C=O) groups excluding carboxylic acids is 1. The van der Waals surface area contributed by atoms with Crippen molar-refractivity contribution >= 4 is 18.5 Å². The van der Waals surface area contributed by atoms with Crippen LogP contribution in [0.15, 0.2) is 39.8 Å². The van der Waals surface area contributed by atoms with Crippen LogP contribution in [0.1, 0.15) is 35.0 Å². The topological polar surface area (TPSA) is 55.1 Å². The van der Waals surface area contributed by atoms with Gasteiger partial charge in [-0.2, -0.15) is 0 Å². The summed E-state index contributed by atoms with van der Waals surface area (Å²) in [6, 6.07) is 6.74.